The van der Waals surface area contributed by atoms with E-state index in [4.69, 9.17) is 39.9 Å². The average Bonchev–Trinajstić information content (AvgIpc) is 0.697. The van der Waals surface area contributed by atoms with Crippen molar-refractivity contribution >= 4 is 145 Å². The van der Waals surface area contributed by atoms with Crippen molar-refractivity contribution in [2.24, 2.45) is 0 Å². The molecule has 8 aromatic heterocycles. The van der Waals surface area contributed by atoms with Crippen molar-refractivity contribution in [1.29, 1.82) is 0 Å². The fourth-order valence-corrected chi connectivity index (χ4v) is 15.2. The smallest absolute Gasteiger partial charge is 0.0936 e. The van der Waals surface area contributed by atoms with Crippen LogP contribution < -0.4 is 19.6 Å². The maximum absolute atomic E-state index is 5.26. The van der Waals surface area contributed by atoms with Gasteiger partial charge in [0.05, 0.1) is 114 Å². The molecule has 514 valence electrons. The van der Waals surface area contributed by atoms with Crippen LogP contribution in [0.2, 0.25) is 0 Å². The van der Waals surface area contributed by atoms with Gasteiger partial charge in [0.1, 0.15) is 0 Å². The zero-order valence-corrected chi connectivity index (χ0v) is 62.3. The molecular formula is C92H86N12. The van der Waals surface area contributed by atoms with E-state index in [-0.39, 0.29) is 21.7 Å². The predicted molar refractivity (Wildman–Crippen MR) is 435 cm³/mol. The van der Waals surface area contributed by atoms with Crippen LogP contribution in [0.3, 0.4) is 0 Å². The number of fused-ring (bicyclic) bond motifs is 4. The molecule has 8 aromatic carbocycles. The van der Waals surface area contributed by atoms with E-state index in [9.17, 15) is 0 Å². The molecule has 8 heterocycles. The van der Waals surface area contributed by atoms with E-state index in [1.54, 1.807) is 0 Å². The summed E-state index contributed by atoms with van der Waals surface area (Å²) < 4.78 is 0. The molecule has 0 radical (unpaired) electrons. The number of benzene rings is 8. The first kappa shape index (κ1) is 66.8. The summed E-state index contributed by atoms with van der Waals surface area (Å²) in [5, 5.41) is 6.18. The van der Waals surface area contributed by atoms with Crippen molar-refractivity contribution < 1.29 is 0 Å². The molecule has 12 heteroatoms. The van der Waals surface area contributed by atoms with Gasteiger partial charge in [-0.1, -0.05) is 156 Å². The number of nitrogens with zero attached hydrogens (tertiary/aromatic N) is 12. The van der Waals surface area contributed by atoms with Gasteiger partial charge in [-0.25, -0.2) is 0 Å². The summed E-state index contributed by atoms with van der Waals surface area (Å²) in [4.78, 5) is 51.0. The van der Waals surface area contributed by atoms with Crippen LogP contribution >= 0.6 is 0 Å². The van der Waals surface area contributed by atoms with Gasteiger partial charge < -0.3 is 19.6 Å². The largest absolute Gasteiger partial charge is 0.308 e. The van der Waals surface area contributed by atoms with Crippen LogP contribution in [0.4, 0.5) is 68.2 Å². The third kappa shape index (κ3) is 11.5. The second kappa shape index (κ2) is 25.0. The molecule has 16 rings (SSSR count). The molecule has 0 aliphatic carbocycles. The molecule has 0 atom stereocenters. The van der Waals surface area contributed by atoms with Gasteiger partial charge in [0.25, 0.3) is 0 Å². The third-order valence-corrected chi connectivity index (χ3v) is 21.1. The maximum Gasteiger partial charge on any atom is 0.0936 e. The normalized spacial score (nSPS) is 12.4. The predicted octanol–water partition coefficient (Wildman–Crippen LogP) is 24.7. The Morgan fingerprint density at radius 1 is 0.231 bits per heavy atom. The van der Waals surface area contributed by atoms with Gasteiger partial charge in [-0.15, -0.1) is 0 Å². The summed E-state index contributed by atoms with van der Waals surface area (Å²) in [6, 6.07) is 66.7. The van der Waals surface area contributed by atoms with Crippen LogP contribution in [0, 0.1) is 27.7 Å². The van der Waals surface area contributed by atoms with Gasteiger partial charge >= 0.3 is 0 Å². The second-order valence-corrected chi connectivity index (χ2v) is 32.0. The molecule has 0 spiro atoms. The Balaban J connectivity index is 1.13. The average molecular weight is 1360 g/mol. The molecule has 12 nitrogen and oxygen atoms in total. The lowest BCUT2D eigenvalue weighted by Gasteiger charge is -2.35. The number of aryl methyl sites for hydroxylation is 4. The molecule has 16 aromatic rings. The first-order valence-electron chi connectivity index (χ1n) is 36.0. The lowest BCUT2D eigenvalue weighted by molar-refractivity contribution is 0.590. The summed E-state index contributed by atoms with van der Waals surface area (Å²) in [5.41, 5.74) is 26.1. The van der Waals surface area contributed by atoms with E-state index in [2.05, 4.69) is 264 Å². The Kier molecular flexibility index (Phi) is 16.1. The molecule has 0 bridgehead atoms. The van der Waals surface area contributed by atoms with Gasteiger partial charge in [-0.05, 0) is 181 Å². The molecule has 0 fully saturated rings. The lowest BCUT2D eigenvalue weighted by Crippen LogP contribution is -2.18. The Morgan fingerprint density at radius 2 is 0.433 bits per heavy atom. The molecule has 104 heavy (non-hydrogen) atoms. The summed E-state index contributed by atoms with van der Waals surface area (Å²) in [6.45, 7) is 36.0. The van der Waals surface area contributed by atoms with Gasteiger partial charge in [0.2, 0.25) is 0 Å². The highest BCUT2D eigenvalue weighted by Crippen LogP contribution is 2.57. The summed E-state index contributed by atoms with van der Waals surface area (Å²) >= 11 is 0. The van der Waals surface area contributed by atoms with E-state index in [1.165, 1.54) is 22.3 Å². The van der Waals surface area contributed by atoms with E-state index in [0.717, 1.165) is 167 Å². The van der Waals surface area contributed by atoms with E-state index in [0.29, 0.717) is 0 Å². The van der Waals surface area contributed by atoms with Crippen LogP contribution in [-0.4, -0.2) is 39.9 Å². The van der Waals surface area contributed by atoms with Crippen molar-refractivity contribution in [1.82, 2.24) is 39.9 Å². The minimum atomic E-state index is -0.117. The van der Waals surface area contributed by atoms with Crippen molar-refractivity contribution in [3.63, 3.8) is 0 Å². The fraction of sp³-hybridized carbons (Fsp3) is 0.217. The Hall–Kier alpha value is -11.8. The number of hydrogen-bond acceptors (Lipinski definition) is 12. The van der Waals surface area contributed by atoms with E-state index in [1.807, 2.05) is 98.1 Å². The standard InChI is InChI=1S/C92H86N12/c1-55-79(51-97-71-21-17-45-93-85(55)71)101(63-33-25-59(26-34-63)89(5,6)7)75-49-76(102(64-35-27-60(28-36-64)90(8,9)10)80-52-98-72-22-18-46-94-86(72)56(80)2)68-43-44-70-78(104(66-39-31-62(32-40-66)92(14,15)16)82-54-100-74-24-20-48-96-88(74)58(82)4)50-77(69-42-41-67(75)83(68)84(69)70)103(65-37-29-61(30-38-65)91(11,12)13)81-53-99-73-23-19-47-95-87(73)57(81)3/h17-54H,1-16H3. The molecule has 0 unspecified atom stereocenters. The zero-order chi connectivity index (χ0) is 72.5. The molecule has 0 aliphatic heterocycles. The van der Waals surface area contributed by atoms with Crippen molar-refractivity contribution in [3.05, 3.63) is 276 Å². The molecule has 0 N–H and O–H groups in total. The first-order chi connectivity index (χ1) is 49.8. The van der Waals surface area contributed by atoms with Crippen LogP contribution in [-0.2, 0) is 21.7 Å². The van der Waals surface area contributed by atoms with Crippen LogP contribution in [0.5, 0.6) is 0 Å². The maximum atomic E-state index is 5.26. The second-order valence-electron chi connectivity index (χ2n) is 32.0. The summed E-state index contributed by atoms with van der Waals surface area (Å²) in [7, 11) is 0. The molecular weight excluding hydrogens is 1270 g/mol. The highest BCUT2D eigenvalue weighted by molar-refractivity contribution is 6.33. The van der Waals surface area contributed by atoms with Crippen LogP contribution in [0.1, 0.15) is 128 Å². The van der Waals surface area contributed by atoms with Gasteiger partial charge in [-0.2, -0.15) is 0 Å². The highest BCUT2D eigenvalue weighted by atomic mass is 15.2. The molecule has 0 saturated heterocycles. The SMILES string of the molecule is Cc1c(N(c2ccc(C(C)(C)C)cc2)c2cc(N(c3ccc(C(C)(C)C)cc3)c3cnc4cccnc4c3C)c3ccc4c(N(c5ccc(C(C)(C)C)cc5)c5cnc6cccnc6c5C)cc(N(c5ccc(C(C)(C)C)cc5)c5cnc6cccnc6c5C)c5ccc2c3c54)cnc2cccnc12. The summed E-state index contributed by atoms with van der Waals surface area (Å²) in [5.74, 6) is 0. The topological polar surface area (TPSA) is 116 Å². The Morgan fingerprint density at radius 3 is 0.625 bits per heavy atom. The molecule has 0 aliphatic rings. The van der Waals surface area contributed by atoms with E-state index < -0.39 is 0 Å². The van der Waals surface area contributed by atoms with Crippen molar-refractivity contribution in [2.75, 3.05) is 19.6 Å². The van der Waals surface area contributed by atoms with E-state index >= 15 is 0 Å². The van der Waals surface area contributed by atoms with Crippen molar-refractivity contribution in [3.8, 4) is 0 Å². The summed E-state index contributed by atoms with van der Waals surface area (Å²) in [6.07, 6.45) is 15.6. The Bertz CT molecular complexity index is 5290. The number of rotatable bonds is 12. The van der Waals surface area contributed by atoms with Gasteiger partial charge in [0.15, 0.2) is 0 Å². The van der Waals surface area contributed by atoms with Crippen LogP contribution in [0.25, 0.3) is 76.5 Å². The third-order valence-electron chi connectivity index (χ3n) is 21.1. The van der Waals surface area contributed by atoms with Gasteiger partial charge in [0, 0.05) is 102 Å². The molecule has 0 amide bonds. The molecule has 0 saturated carbocycles. The van der Waals surface area contributed by atoms with Crippen molar-refractivity contribution in [2.45, 2.75) is 132 Å². The van der Waals surface area contributed by atoms with Crippen LogP contribution in [0.15, 0.2) is 232 Å². The number of anilines is 12. The number of pyridine rings is 8. The van der Waals surface area contributed by atoms with Gasteiger partial charge in [-0.3, -0.25) is 39.9 Å². The first-order valence-corrected chi connectivity index (χ1v) is 36.0. The Labute approximate surface area is 609 Å². The number of aromatic nitrogens is 8. The lowest BCUT2D eigenvalue weighted by atomic mass is 9.86. The zero-order valence-electron chi connectivity index (χ0n) is 62.3. The minimum absolute atomic E-state index is 0.117. The quantitative estimate of drug-likeness (QED) is 0.108. The monoisotopic (exact) mass is 1360 g/mol. The number of hydrogen-bond donors (Lipinski definition) is 0. The highest BCUT2D eigenvalue weighted by Gasteiger charge is 2.33. The fourth-order valence-electron chi connectivity index (χ4n) is 15.2. The minimum Gasteiger partial charge on any atom is -0.308 e.